The lowest BCUT2D eigenvalue weighted by atomic mass is 9.99. The number of Topliss-reactive ketones (excluding diaryl/α,β-unsaturated/α-hetero) is 1. The number of hydrogen-bond acceptors (Lipinski definition) is 3. The van der Waals surface area contributed by atoms with Crippen LogP contribution in [0.5, 0.6) is 0 Å². The Kier molecular flexibility index (Phi) is 5.82. The summed E-state index contributed by atoms with van der Waals surface area (Å²) < 4.78 is 5.65. The molecule has 0 bridgehead atoms. The molecule has 3 aromatic carbocycles. The van der Waals surface area contributed by atoms with Crippen molar-refractivity contribution in [1.82, 2.24) is 0 Å². The number of carbonyl (C=O) groups excluding carboxylic acids is 2. The third kappa shape index (κ3) is 4.50. The maximum Gasteiger partial charge on any atom is 0.339 e. The quantitative estimate of drug-likeness (QED) is 0.426. The molecule has 0 saturated heterocycles. The fraction of sp³-hybridized carbons (Fsp3) is 0.167. The zero-order valence-electron chi connectivity index (χ0n) is 15.5. The van der Waals surface area contributed by atoms with Crippen LogP contribution in [0.3, 0.4) is 0 Å². The minimum atomic E-state index is -0.981. The molecule has 0 aliphatic rings. The molecule has 136 valence electrons. The van der Waals surface area contributed by atoms with Crippen LogP contribution in [0.4, 0.5) is 0 Å². The average molecular weight is 358 g/mol. The lowest BCUT2D eigenvalue weighted by molar-refractivity contribution is 0.0280. The third-order valence-corrected chi connectivity index (χ3v) is 4.44. The number of hydrogen-bond donors (Lipinski definition) is 0. The van der Waals surface area contributed by atoms with E-state index >= 15 is 0 Å². The van der Waals surface area contributed by atoms with Crippen LogP contribution in [0.1, 0.15) is 57.7 Å². The normalized spacial score (nSPS) is 11.8. The van der Waals surface area contributed by atoms with Crippen molar-refractivity contribution in [2.24, 2.45) is 0 Å². The Morgan fingerprint density at radius 2 is 1.22 bits per heavy atom. The lowest BCUT2D eigenvalue weighted by Crippen LogP contribution is -2.20. The number of ketones is 1. The van der Waals surface area contributed by atoms with Crippen LogP contribution in [0.25, 0.3) is 0 Å². The van der Waals surface area contributed by atoms with Gasteiger partial charge in [0.2, 0.25) is 5.78 Å². The zero-order valence-corrected chi connectivity index (χ0v) is 15.5. The second kappa shape index (κ2) is 8.45. The van der Waals surface area contributed by atoms with Crippen molar-refractivity contribution >= 4 is 11.8 Å². The molecule has 0 aromatic heterocycles. The Labute approximate surface area is 159 Å². The van der Waals surface area contributed by atoms with Gasteiger partial charge in [-0.25, -0.2) is 4.79 Å². The standard InChI is InChI=1S/C24H22O3/c1-17(2)18-13-15-21(16-14-18)24(26)27-23(20-11-7-4-8-12-20)22(25)19-9-5-3-6-10-19/h3-17,23H,1-2H3. The summed E-state index contributed by atoms with van der Waals surface area (Å²) in [5.41, 5.74) is 2.74. The summed E-state index contributed by atoms with van der Waals surface area (Å²) in [6.07, 6.45) is -0.981. The number of rotatable bonds is 6. The van der Waals surface area contributed by atoms with E-state index in [1.54, 1.807) is 48.5 Å². The van der Waals surface area contributed by atoms with Gasteiger partial charge in [-0.3, -0.25) is 4.79 Å². The van der Waals surface area contributed by atoms with Crippen LogP contribution in [-0.4, -0.2) is 11.8 Å². The summed E-state index contributed by atoms with van der Waals surface area (Å²) in [5, 5.41) is 0. The Morgan fingerprint density at radius 3 is 1.78 bits per heavy atom. The van der Waals surface area contributed by atoms with Gasteiger partial charge in [-0.15, -0.1) is 0 Å². The van der Waals surface area contributed by atoms with Crippen LogP contribution >= 0.6 is 0 Å². The van der Waals surface area contributed by atoms with Gasteiger partial charge in [-0.05, 0) is 23.6 Å². The molecular weight excluding hydrogens is 336 g/mol. The maximum absolute atomic E-state index is 13.0. The second-order valence-corrected chi connectivity index (χ2v) is 6.70. The molecule has 3 nitrogen and oxygen atoms in total. The summed E-state index contributed by atoms with van der Waals surface area (Å²) in [6.45, 7) is 4.19. The maximum atomic E-state index is 13.0. The van der Waals surface area contributed by atoms with Gasteiger partial charge in [0.1, 0.15) is 0 Å². The van der Waals surface area contributed by atoms with Crippen molar-refractivity contribution in [3.8, 4) is 0 Å². The summed E-state index contributed by atoms with van der Waals surface area (Å²) in [5.74, 6) is -0.371. The molecule has 27 heavy (non-hydrogen) atoms. The van der Waals surface area contributed by atoms with E-state index in [4.69, 9.17) is 4.74 Å². The Bertz CT molecular complexity index is 897. The number of esters is 1. The van der Waals surface area contributed by atoms with E-state index in [9.17, 15) is 9.59 Å². The van der Waals surface area contributed by atoms with Crippen LogP contribution in [0, 0.1) is 0 Å². The number of ether oxygens (including phenoxy) is 1. The summed E-state index contributed by atoms with van der Waals surface area (Å²) in [6, 6.07) is 25.3. The van der Waals surface area contributed by atoms with Gasteiger partial charge >= 0.3 is 5.97 Å². The van der Waals surface area contributed by atoms with Gasteiger partial charge in [0.05, 0.1) is 5.56 Å². The molecule has 1 atom stereocenters. The van der Waals surface area contributed by atoms with Gasteiger partial charge in [0.15, 0.2) is 6.10 Å². The number of benzene rings is 3. The third-order valence-electron chi connectivity index (χ3n) is 4.44. The molecule has 3 heteroatoms. The highest BCUT2D eigenvalue weighted by Gasteiger charge is 2.26. The van der Waals surface area contributed by atoms with Crippen molar-refractivity contribution in [2.75, 3.05) is 0 Å². The van der Waals surface area contributed by atoms with E-state index in [-0.39, 0.29) is 5.78 Å². The van der Waals surface area contributed by atoms with Crippen LogP contribution in [0.2, 0.25) is 0 Å². The summed E-state index contributed by atoms with van der Waals surface area (Å²) >= 11 is 0. The molecule has 0 heterocycles. The lowest BCUT2D eigenvalue weighted by Gasteiger charge is -2.18. The van der Waals surface area contributed by atoms with Crippen molar-refractivity contribution in [2.45, 2.75) is 25.9 Å². The fourth-order valence-electron chi connectivity index (χ4n) is 2.83. The molecule has 0 saturated carbocycles. The molecular formula is C24H22O3. The van der Waals surface area contributed by atoms with Crippen molar-refractivity contribution < 1.29 is 14.3 Å². The van der Waals surface area contributed by atoms with Crippen LogP contribution in [0.15, 0.2) is 84.9 Å². The monoisotopic (exact) mass is 358 g/mol. The largest absolute Gasteiger partial charge is 0.445 e. The van der Waals surface area contributed by atoms with Crippen molar-refractivity contribution in [1.29, 1.82) is 0 Å². The Balaban J connectivity index is 1.87. The van der Waals surface area contributed by atoms with E-state index in [1.807, 2.05) is 36.4 Å². The molecule has 3 aromatic rings. The molecule has 0 N–H and O–H groups in total. The van der Waals surface area contributed by atoms with E-state index in [0.717, 1.165) is 5.56 Å². The first-order valence-corrected chi connectivity index (χ1v) is 9.01. The molecule has 0 amide bonds. The minimum absolute atomic E-state index is 0.242. The molecule has 0 spiro atoms. The highest BCUT2D eigenvalue weighted by atomic mass is 16.5. The smallest absolute Gasteiger partial charge is 0.339 e. The topological polar surface area (TPSA) is 43.4 Å². The predicted octanol–water partition coefficient (Wildman–Crippen LogP) is 5.59. The molecule has 0 radical (unpaired) electrons. The Morgan fingerprint density at radius 1 is 0.667 bits per heavy atom. The van der Waals surface area contributed by atoms with E-state index < -0.39 is 12.1 Å². The van der Waals surface area contributed by atoms with E-state index in [0.29, 0.717) is 22.6 Å². The minimum Gasteiger partial charge on any atom is -0.445 e. The fourth-order valence-corrected chi connectivity index (χ4v) is 2.83. The number of carbonyl (C=O) groups is 2. The average Bonchev–Trinajstić information content (AvgIpc) is 2.72. The molecule has 3 rings (SSSR count). The first-order chi connectivity index (χ1) is 13.1. The van der Waals surface area contributed by atoms with Gasteiger partial charge in [0, 0.05) is 11.1 Å². The molecule has 0 aliphatic carbocycles. The van der Waals surface area contributed by atoms with Gasteiger partial charge in [-0.1, -0.05) is 86.6 Å². The first-order valence-electron chi connectivity index (χ1n) is 9.01. The van der Waals surface area contributed by atoms with Crippen LogP contribution < -0.4 is 0 Å². The van der Waals surface area contributed by atoms with Gasteiger partial charge < -0.3 is 4.74 Å². The molecule has 0 aliphatic heterocycles. The highest BCUT2D eigenvalue weighted by molar-refractivity contribution is 6.02. The summed E-state index contributed by atoms with van der Waals surface area (Å²) in [4.78, 5) is 25.6. The zero-order chi connectivity index (χ0) is 19.2. The predicted molar refractivity (Wildman–Crippen MR) is 106 cm³/mol. The van der Waals surface area contributed by atoms with Gasteiger partial charge in [0.25, 0.3) is 0 Å². The van der Waals surface area contributed by atoms with E-state index in [2.05, 4.69) is 13.8 Å². The highest BCUT2D eigenvalue weighted by Crippen LogP contribution is 2.24. The van der Waals surface area contributed by atoms with Crippen molar-refractivity contribution in [3.63, 3.8) is 0 Å². The second-order valence-electron chi connectivity index (χ2n) is 6.70. The molecule has 0 fully saturated rings. The SMILES string of the molecule is CC(C)c1ccc(C(=O)OC(C(=O)c2ccccc2)c2ccccc2)cc1. The summed E-state index contributed by atoms with van der Waals surface area (Å²) in [7, 11) is 0. The van der Waals surface area contributed by atoms with Crippen LogP contribution in [-0.2, 0) is 4.74 Å². The van der Waals surface area contributed by atoms with E-state index in [1.165, 1.54) is 0 Å². The van der Waals surface area contributed by atoms with Gasteiger partial charge in [-0.2, -0.15) is 0 Å². The Hall–Kier alpha value is -3.20. The van der Waals surface area contributed by atoms with Crippen molar-refractivity contribution in [3.05, 3.63) is 107 Å². The first kappa shape index (κ1) is 18.6. The molecule has 1 unspecified atom stereocenters.